The lowest BCUT2D eigenvalue weighted by Crippen LogP contribution is -2.29. The van der Waals surface area contributed by atoms with Crippen molar-refractivity contribution in [3.05, 3.63) is 93.1 Å². The molecule has 1 atom stereocenters. The molecule has 1 heterocycles. The maximum Gasteiger partial charge on any atom is 0.335 e. The van der Waals surface area contributed by atoms with Gasteiger partial charge in [-0.25, -0.2) is 9.78 Å². The van der Waals surface area contributed by atoms with Gasteiger partial charge in [0.05, 0.1) is 22.2 Å². The summed E-state index contributed by atoms with van der Waals surface area (Å²) < 4.78 is 0. The predicted octanol–water partition coefficient (Wildman–Crippen LogP) is 5.21. The first-order valence-corrected chi connectivity index (χ1v) is 10.3. The molecule has 0 spiro atoms. The van der Waals surface area contributed by atoms with E-state index in [-0.39, 0.29) is 17.5 Å². The Bertz CT molecular complexity index is 1090. The quantitative estimate of drug-likeness (QED) is 0.508. The number of nitrogens with one attached hydrogen (secondary N) is 1. The number of nitrogens with zero attached hydrogens (tertiary/aromatic N) is 2. The van der Waals surface area contributed by atoms with E-state index in [1.807, 2.05) is 43.1 Å². The molecule has 0 aliphatic heterocycles. The van der Waals surface area contributed by atoms with Gasteiger partial charge in [-0.1, -0.05) is 47.5 Å². The number of rotatable bonds is 7. The Morgan fingerprint density at radius 3 is 2.32 bits per heavy atom. The molecule has 31 heavy (non-hydrogen) atoms. The normalized spacial score (nSPS) is 11.6. The third-order valence-electron chi connectivity index (χ3n) is 4.78. The summed E-state index contributed by atoms with van der Waals surface area (Å²) >= 11 is 12.1. The zero-order valence-corrected chi connectivity index (χ0v) is 18.5. The van der Waals surface area contributed by atoms with Crippen molar-refractivity contribution >= 4 is 40.9 Å². The summed E-state index contributed by atoms with van der Waals surface area (Å²) in [6, 6.07) is 15.1. The van der Waals surface area contributed by atoms with Gasteiger partial charge in [-0.2, -0.15) is 0 Å². The smallest absolute Gasteiger partial charge is 0.335 e. The summed E-state index contributed by atoms with van der Waals surface area (Å²) in [7, 11) is 1.84. The fraction of sp³-hybridized carbons (Fsp3) is 0.174. The van der Waals surface area contributed by atoms with E-state index in [4.69, 9.17) is 28.3 Å². The zero-order valence-electron chi connectivity index (χ0n) is 17.0. The van der Waals surface area contributed by atoms with Gasteiger partial charge in [-0.15, -0.1) is 0 Å². The Morgan fingerprint density at radius 2 is 1.71 bits per heavy atom. The molecule has 0 fully saturated rings. The first-order chi connectivity index (χ1) is 14.7. The topological polar surface area (TPSA) is 82.5 Å². The summed E-state index contributed by atoms with van der Waals surface area (Å²) in [5.41, 5.74) is 2.33. The van der Waals surface area contributed by atoms with Crippen LogP contribution in [0.15, 0.2) is 60.8 Å². The highest BCUT2D eigenvalue weighted by Gasteiger charge is 2.19. The standard InChI is InChI=1S/C23H21Cl2N3O3/c1-14(16-5-7-17(8-6-16)23(30)31)27-22(29)20-11-19(25)12-26-21(20)28(2)13-15-3-9-18(24)10-4-15/h3-12,14H,13H2,1-2H3,(H,27,29)(H,30,31)/t14-/m0/s1. The molecule has 0 aliphatic carbocycles. The van der Waals surface area contributed by atoms with Crippen molar-refractivity contribution in [3.63, 3.8) is 0 Å². The molecule has 0 unspecified atom stereocenters. The van der Waals surface area contributed by atoms with Crippen LogP contribution in [0.4, 0.5) is 5.82 Å². The monoisotopic (exact) mass is 457 g/mol. The molecule has 160 valence electrons. The Balaban J connectivity index is 1.79. The van der Waals surface area contributed by atoms with Gasteiger partial charge in [-0.05, 0) is 48.4 Å². The van der Waals surface area contributed by atoms with Crippen molar-refractivity contribution in [1.82, 2.24) is 10.3 Å². The van der Waals surface area contributed by atoms with Crippen LogP contribution in [0.2, 0.25) is 10.0 Å². The Hall–Kier alpha value is -3.09. The average Bonchev–Trinajstić information content (AvgIpc) is 2.75. The minimum Gasteiger partial charge on any atom is -0.478 e. The maximum absolute atomic E-state index is 13.0. The van der Waals surface area contributed by atoms with Crippen LogP contribution < -0.4 is 10.2 Å². The zero-order chi connectivity index (χ0) is 22.5. The number of hydrogen-bond acceptors (Lipinski definition) is 4. The van der Waals surface area contributed by atoms with Gasteiger partial charge >= 0.3 is 5.97 Å². The summed E-state index contributed by atoms with van der Waals surface area (Å²) in [5.74, 6) is -0.838. The third-order valence-corrected chi connectivity index (χ3v) is 5.24. The first kappa shape index (κ1) is 22.6. The number of aromatic carboxylic acids is 1. The lowest BCUT2D eigenvalue weighted by molar-refractivity contribution is 0.0696. The molecule has 1 aromatic heterocycles. The minimum absolute atomic E-state index is 0.187. The van der Waals surface area contributed by atoms with Gasteiger partial charge in [0.15, 0.2) is 0 Å². The largest absolute Gasteiger partial charge is 0.478 e. The van der Waals surface area contributed by atoms with Gasteiger partial charge in [-0.3, -0.25) is 4.79 Å². The second-order valence-corrected chi connectivity index (χ2v) is 8.00. The molecular weight excluding hydrogens is 437 g/mol. The van der Waals surface area contributed by atoms with Crippen LogP contribution in [0.3, 0.4) is 0 Å². The number of benzene rings is 2. The Morgan fingerprint density at radius 1 is 1.06 bits per heavy atom. The summed E-state index contributed by atoms with van der Waals surface area (Å²) in [5, 5.41) is 13.0. The average molecular weight is 458 g/mol. The Labute approximate surface area is 190 Å². The molecule has 0 saturated carbocycles. The lowest BCUT2D eigenvalue weighted by Gasteiger charge is -2.22. The van der Waals surface area contributed by atoms with Crippen molar-refractivity contribution in [2.45, 2.75) is 19.5 Å². The predicted molar refractivity (Wildman–Crippen MR) is 122 cm³/mol. The second kappa shape index (κ2) is 9.81. The van der Waals surface area contributed by atoms with Gasteiger partial charge in [0.25, 0.3) is 5.91 Å². The molecule has 1 amide bonds. The van der Waals surface area contributed by atoms with Gasteiger partial charge in [0.1, 0.15) is 5.82 Å². The summed E-state index contributed by atoms with van der Waals surface area (Å²) in [6.07, 6.45) is 1.50. The van der Waals surface area contributed by atoms with Crippen LogP contribution >= 0.6 is 23.2 Å². The first-order valence-electron chi connectivity index (χ1n) is 9.50. The molecule has 0 radical (unpaired) electrons. The molecule has 3 rings (SSSR count). The molecule has 0 bridgehead atoms. The van der Waals surface area contributed by atoms with E-state index >= 15 is 0 Å². The molecule has 0 saturated heterocycles. The number of amides is 1. The number of carbonyl (C=O) groups is 2. The molecule has 0 aliphatic rings. The van der Waals surface area contributed by atoms with E-state index in [0.29, 0.717) is 28.0 Å². The van der Waals surface area contributed by atoms with Gasteiger partial charge in [0.2, 0.25) is 0 Å². The number of halogens is 2. The molecule has 2 N–H and O–H groups in total. The summed E-state index contributed by atoms with van der Waals surface area (Å²) in [6.45, 7) is 2.35. The third kappa shape index (κ3) is 5.75. The fourth-order valence-electron chi connectivity index (χ4n) is 3.11. The summed E-state index contributed by atoms with van der Waals surface area (Å²) in [4.78, 5) is 30.3. The van der Waals surface area contributed by atoms with Crippen LogP contribution in [-0.4, -0.2) is 29.0 Å². The van der Waals surface area contributed by atoms with Gasteiger partial charge < -0.3 is 15.3 Å². The van der Waals surface area contributed by atoms with E-state index in [0.717, 1.165) is 11.1 Å². The molecule has 3 aromatic rings. The lowest BCUT2D eigenvalue weighted by atomic mass is 10.1. The SMILES string of the molecule is C[C@H](NC(=O)c1cc(Cl)cnc1N(C)Cc1ccc(Cl)cc1)c1ccc(C(=O)O)cc1. The minimum atomic E-state index is -0.999. The molecular formula is C23H21Cl2N3O3. The van der Waals surface area contributed by atoms with Crippen molar-refractivity contribution in [2.24, 2.45) is 0 Å². The van der Waals surface area contributed by atoms with Crippen molar-refractivity contribution in [1.29, 1.82) is 0 Å². The van der Waals surface area contributed by atoms with E-state index in [9.17, 15) is 9.59 Å². The number of pyridine rings is 1. The molecule has 6 nitrogen and oxygen atoms in total. The maximum atomic E-state index is 13.0. The second-order valence-electron chi connectivity index (χ2n) is 7.13. The van der Waals surface area contributed by atoms with E-state index in [1.54, 1.807) is 18.2 Å². The number of carboxylic acid groups (broad SMARTS) is 1. The van der Waals surface area contributed by atoms with E-state index in [1.165, 1.54) is 18.3 Å². The highest BCUT2D eigenvalue weighted by Crippen LogP contribution is 2.24. The highest BCUT2D eigenvalue weighted by molar-refractivity contribution is 6.31. The number of carboxylic acids is 1. The van der Waals surface area contributed by atoms with Crippen LogP contribution in [0.5, 0.6) is 0 Å². The van der Waals surface area contributed by atoms with Gasteiger partial charge in [0, 0.05) is 24.8 Å². The fourth-order valence-corrected chi connectivity index (χ4v) is 3.40. The van der Waals surface area contributed by atoms with Crippen LogP contribution in [0.25, 0.3) is 0 Å². The number of hydrogen-bond donors (Lipinski definition) is 2. The van der Waals surface area contributed by atoms with E-state index in [2.05, 4.69) is 10.3 Å². The Kier molecular flexibility index (Phi) is 7.15. The van der Waals surface area contributed by atoms with Crippen LogP contribution in [0.1, 0.15) is 44.8 Å². The van der Waals surface area contributed by atoms with Crippen LogP contribution in [0, 0.1) is 0 Å². The highest BCUT2D eigenvalue weighted by atomic mass is 35.5. The van der Waals surface area contributed by atoms with Crippen molar-refractivity contribution in [3.8, 4) is 0 Å². The number of carbonyl (C=O) groups excluding carboxylic acids is 1. The van der Waals surface area contributed by atoms with Crippen molar-refractivity contribution < 1.29 is 14.7 Å². The van der Waals surface area contributed by atoms with E-state index < -0.39 is 5.97 Å². The molecule has 2 aromatic carbocycles. The number of aromatic nitrogens is 1. The van der Waals surface area contributed by atoms with Crippen molar-refractivity contribution in [2.75, 3.05) is 11.9 Å². The molecule has 8 heteroatoms. The van der Waals surface area contributed by atoms with Crippen LogP contribution in [-0.2, 0) is 6.54 Å². The number of anilines is 1.